The monoisotopic (exact) mass is 164 g/mol. The van der Waals surface area contributed by atoms with Crippen LogP contribution in [0.4, 0.5) is 0 Å². The second kappa shape index (κ2) is 2.58. The maximum Gasteiger partial charge on any atom is 0.305 e. The van der Waals surface area contributed by atoms with Gasteiger partial charge in [-0.3, -0.25) is 8.37 Å². The number of hydrogen-bond acceptors (Lipinski definition) is 4. The molecule has 0 spiro atoms. The third-order valence-electron chi connectivity index (χ3n) is 1.65. The molecule has 0 bridgehead atoms. The van der Waals surface area contributed by atoms with Crippen molar-refractivity contribution in [1.82, 2.24) is 0 Å². The van der Waals surface area contributed by atoms with Crippen molar-refractivity contribution in [1.29, 1.82) is 0 Å². The summed E-state index contributed by atoms with van der Waals surface area (Å²) < 4.78 is 25.5. The molecule has 0 saturated carbocycles. The number of fused-ring (bicyclic) bond motifs is 1. The van der Waals surface area contributed by atoms with E-state index < -0.39 is 11.4 Å². The Morgan fingerprint density at radius 2 is 2.10 bits per heavy atom. The van der Waals surface area contributed by atoms with Gasteiger partial charge in [0.1, 0.15) is 12.2 Å². The van der Waals surface area contributed by atoms with Crippen molar-refractivity contribution in [3.63, 3.8) is 0 Å². The van der Waals surface area contributed by atoms with Gasteiger partial charge >= 0.3 is 11.4 Å². The molecule has 2 rings (SSSR count). The van der Waals surface area contributed by atoms with Crippen LogP contribution in [0.2, 0.25) is 0 Å². The summed E-state index contributed by atoms with van der Waals surface area (Å²) in [6.45, 7) is 1.19. The van der Waals surface area contributed by atoms with Gasteiger partial charge in [0, 0.05) is 13.0 Å². The normalized spacial score (nSPS) is 47.0. The first-order chi connectivity index (χ1) is 4.86. The lowest BCUT2D eigenvalue weighted by molar-refractivity contribution is -0.0193. The van der Waals surface area contributed by atoms with E-state index in [1.165, 1.54) is 0 Å². The fourth-order valence-electron chi connectivity index (χ4n) is 1.12. The number of hydrogen-bond donors (Lipinski definition) is 0. The quantitative estimate of drug-likeness (QED) is 0.496. The number of rotatable bonds is 0. The minimum absolute atomic E-state index is 0.00502. The first kappa shape index (κ1) is 6.72. The average Bonchev–Trinajstić information content (AvgIpc) is 2.27. The van der Waals surface area contributed by atoms with Crippen LogP contribution in [-0.2, 0) is 24.5 Å². The first-order valence-electron chi connectivity index (χ1n) is 3.20. The zero-order valence-electron chi connectivity index (χ0n) is 5.32. The molecular weight excluding hydrogens is 156 g/mol. The van der Waals surface area contributed by atoms with Crippen molar-refractivity contribution < 1.29 is 17.3 Å². The highest BCUT2D eigenvalue weighted by Crippen LogP contribution is 2.23. The van der Waals surface area contributed by atoms with E-state index in [0.717, 1.165) is 6.42 Å². The number of ether oxygens (including phenoxy) is 1. The minimum Gasteiger partial charge on any atom is -0.378 e. The van der Waals surface area contributed by atoms with Gasteiger partial charge in [0.15, 0.2) is 0 Å². The second-order valence-corrected chi connectivity index (χ2v) is 3.13. The summed E-state index contributed by atoms with van der Waals surface area (Å²) in [6.07, 6.45) is 0.681. The van der Waals surface area contributed by atoms with E-state index in [-0.39, 0.29) is 12.2 Å². The van der Waals surface area contributed by atoms with E-state index in [1.807, 2.05) is 0 Å². The summed E-state index contributed by atoms with van der Waals surface area (Å²) >= 11 is -1.52. The largest absolute Gasteiger partial charge is 0.378 e. The summed E-state index contributed by atoms with van der Waals surface area (Å²) in [6, 6.07) is 0. The summed E-state index contributed by atoms with van der Waals surface area (Å²) in [5.41, 5.74) is 0. The summed E-state index contributed by atoms with van der Waals surface area (Å²) in [5, 5.41) is 0. The van der Waals surface area contributed by atoms with Gasteiger partial charge in [-0.1, -0.05) is 0 Å². The van der Waals surface area contributed by atoms with E-state index in [1.54, 1.807) is 0 Å². The van der Waals surface area contributed by atoms with Crippen molar-refractivity contribution in [3.8, 4) is 0 Å². The van der Waals surface area contributed by atoms with Gasteiger partial charge in [-0.2, -0.15) is 4.21 Å². The van der Waals surface area contributed by atoms with Crippen molar-refractivity contribution in [2.75, 3.05) is 13.2 Å². The second-order valence-electron chi connectivity index (χ2n) is 2.34. The van der Waals surface area contributed by atoms with Gasteiger partial charge in [-0.15, -0.1) is 0 Å². The molecule has 5 heteroatoms. The molecule has 0 aromatic rings. The van der Waals surface area contributed by atoms with Crippen LogP contribution in [-0.4, -0.2) is 29.6 Å². The summed E-state index contributed by atoms with van der Waals surface area (Å²) in [4.78, 5) is 0. The average molecular weight is 164 g/mol. The Morgan fingerprint density at radius 1 is 1.30 bits per heavy atom. The molecule has 2 saturated heterocycles. The Kier molecular flexibility index (Phi) is 1.73. The van der Waals surface area contributed by atoms with E-state index in [2.05, 4.69) is 0 Å². The zero-order chi connectivity index (χ0) is 6.97. The van der Waals surface area contributed by atoms with Crippen molar-refractivity contribution >= 4 is 11.4 Å². The molecule has 4 nitrogen and oxygen atoms in total. The van der Waals surface area contributed by atoms with Crippen molar-refractivity contribution in [2.45, 2.75) is 18.6 Å². The molecule has 3 atom stereocenters. The molecule has 10 heavy (non-hydrogen) atoms. The van der Waals surface area contributed by atoms with Crippen molar-refractivity contribution in [2.24, 2.45) is 0 Å². The smallest absolute Gasteiger partial charge is 0.305 e. The van der Waals surface area contributed by atoms with Gasteiger partial charge < -0.3 is 4.74 Å². The van der Waals surface area contributed by atoms with E-state index in [9.17, 15) is 4.21 Å². The lowest BCUT2D eigenvalue weighted by Gasteiger charge is -2.20. The highest BCUT2D eigenvalue weighted by Gasteiger charge is 2.37. The van der Waals surface area contributed by atoms with Crippen LogP contribution in [0.3, 0.4) is 0 Å². The molecule has 2 aliphatic rings. The summed E-state index contributed by atoms with van der Waals surface area (Å²) in [5.74, 6) is 0. The maximum atomic E-state index is 10.6. The summed E-state index contributed by atoms with van der Waals surface area (Å²) in [7, 11) is 0. The molecule has 58 valence electrons. The Morgan fingerprint density at radius 3 is 2.90 bits per heavy atom. The van der Waals surface area contributed by atoms with Gasteiger partial charge in [0.2, 0.25) is 0 Å². The highest BCUT2D eigenvalue weighted by molar-refractivity contribution is 7.75. The van der Waals surface area contributed by atoms with Crippen LogP contribution >= 0.6 is 0 Å². The molecule has 2 heterocycles. The van der Waals surface area contributed by atoms with Crippen LogP contribution in [0.25, 0.3) is 0 Å². The lowest BCUT2D eigenvalue weighted by atomic mass is 10.1. The third kappa shape index (κ3) is 1.10. The van der Waals surface area contributed by atoms with Crippen LogP contribution in [0.1, 0.15) is 6.42 Å². The highest BCUT2D eigenvalue weighted by atomic mass is 32.2. The molecule has 0 aliphatic carbocycles. The molecule has 0 aromatic heterocycles. The maximum absolute atomic E-state index is 10.6. The topological polar surface area (TPSA) is 44.8 Å². The first-order valence-corrected chi connectivity index (χ1v) is 4.20. The zero-order valence-corrected chi connectivity index (χ0v) is 6.13. The predicted octanol–water partition coefficient (Wildman–Crippen LogP) is -0.231. The predicted molar refractivity (Wildman–Crippen MR) is 33.3 cm³/mol. The van der Waals surface area contributed by atoms with Gasteiger partial charge in [-0.05, 0) is 0 Å². The molecule has 2 aliphatic heterocycles. The lowest BCUT2D eigenvalue weighted by Crippen LogP contribution is -2.33. The van der Waals surface area contributed by atoms with Gasteiger partial charge in [0.25, 0.3) is 0 Å². The van der Waals surface area contributed by atoms with Crippen LogP contribution < -0.4 is 0 Å². The van der Waals surface area contributed by atoms with E-state index >= 15 is 0 Å². The van der Waals surface area contributed by atoms with Gasteiger partial charge in [-0.25, -0.2) is 0 Å². The van der Waals surface area contributed by atoms with Crippen LogP contribution in [0.15, 0.2) is 0 Å². The fourth-order valence-corrected chi connectivity index (χ4v) is 1.97. The molecule has 0 aromatic carbocycles. The molecule has 3 unspecified atom stereocenters. The SMILES string of the molecule is O=S1OC2CCOCC2O1. The van der Waals surface area contributed by atoms with E-state index in [4.69, 9.17) is 13.1 Å². The Hall–Kier alpha value is 0.0300. The Labute approximate surface area is 61.3 Å². The Bertz CT molecular complexity index is 144. The molecular formula is C5H8O4S. The van der Waals surface area contributed by atoms with Crippen LogP contribution in [0.5, 0.6) is 0 Å². The molecule has 0 N–H and O–H groups in total. The molecule has 0 amide bonds. The van der Waals surface area contributed by atoms with Crippen molar-refractivity contribution in [3.05, 3.63) is 0 Å². The molecule has 0 radical (unpaired) electrons. The molecule has 2 fully saturated rings. The van der Waals surface area contributed by atoms with Gasteiger partial charge in [0.05, 0.1) is 6.61 Å². The minimum atomic E-state index is -1.52. The Balaban J connectivity index is 2.04. The third-order valence-corrected chi connectivity index (χ3v) is 2.46. The fraction of sp³-hybridized carbons (Fsp3) is 1.00. The van der Waals surface area contributed by atoms with Crippen LogP contribution in [0, 0.1) is 0 Å². The van der Waals surface area contributed by atoms with E-state index in [0.29, 0.717) is 13.2 Å². The standard InChI is InChI=1S/C5H8O4S/c6-10-8-4-1-2-7-3-5(4)9-10/h4-5H,1-3H2.